The van der Waals surface area contributed by atoms with Crippen molar-refractivity contribution in [3.8, 4) is 0 Å². The maximum absolute atomic E-state index is 11.4. The molecule has 7 nitrogen and oxygen atoms in total. The molecule has 0 radical (unpaired) electrons. The van der Waals surface area contributed by atoms with Crippen LogP contribution in [-0.4, -0.2) is 35.4 Å². The molecule has 0 unspecified atom stereocenters. The number of hydrogen-bond acceptors (Lipinski definition) is 4. The third-order valence-electron chi connectivity index (χ3n) is 3.34. The maximum Gasteiger partial charge on any atom is 0.337 e. The minimum Gasteiger partial charge on any atom is -0.478 e. The average Bonchev–Trinajstić information content (AvgIpc) is 3.03. The largest absolute Gasteiger partial charge is 0.478 e. The van der Waals surface area contributed by atoms with Crippen LogP contribution in [0.25, 0.3) is 11.0 Å². The van der Waals surface area contributed by atoms with E-state index in [-0.39, 0.29) is 5.56 Å². The highest BCUT2D eigenvalue weighted by Crippen LogP contribution is 2.22. The Morgan fingerprint density at radius 3 is 2.81 bits per heavy atom. The van der Waals surface area contributed by atoms with Crippen molar-refractivity contribution in [1.29, 1.82) is 0 Å². The van der Waals surface area contributed by atoms with Gasteiger partial charge in [-0.15, -0.1) is 0 Å². The molecule has 0 aliphatic rings. The topological polar surface area (TPSA) is 85.8 Å². The van der Waals surface area contributed by atoms with Crippen LogP contribution < -0.4 is 0 Å². The molecule has 0 saturated heterocycles. The predicted molar refractivity (Wildman–Crippen MR) is 76.2 cm³/mol. The Hall–Kier alpha value is -2.70. The molecule has 0 fully saturated rings. The van der Waals surface area contributed by atoms with E-state index >= 15 is 0 Å². The minimum absolute atomic E-state index is 0.246. The average molecular weight is 285 g/mol. The van der Waals surface area contributed by atoms with Crippen LogP contribution in [0.3, 0.4) is 0 Å². The number of nitrogens with zero attached hydrogens (tertiary/aromatic N) is 5. The van der Waals surface area contributed by atoms with E-state index in [9.17, 15) is 9.90 Å². The number of aromatic nitrogens is 5. The number of fused-ring (bicyclic) bond motifs is 1. The zero-order valence-electron chi connectivity index (χ0n) is 11.8. The second kappa shape index (κ2) is 5.01. The molecular weight excluding hydrogens is 270 g/mol. The van der Waals surface area contributed by atoms with E-state index in [2.05, 4.69) is 15.1 Å². The Morgan fingerprint density at radius 2 is 2.19 bits per heavy atom. The van der Waals surface area contributed by atoms with Crippen molar-refractivity contribution in [2.45, 2.75) is 19.9 Å². The van der Waals surface area contributed by atoms with Crippen LogP contribution in [0, 0.1) is 0 Å². The lowest BCUT2D eigenvalue weighted by Crippen LogP contribution is -2.09. The number of carboxylic acids is 1. The summed E-state index contributed by atoms with van der Waals surface area (Å²) in [5.41, 5.74) is 1.55. The number of carboxylic acid groups (broad SMARTS) is 1. The van der Waals surface area contributed by atoms with Crippen molar-refractivity contribution < 1.29 is 9.90 Å². The zero-order chi connectivity index (χ0) is 15.0. The van der Waals surface area contributed by atoms with Gasteiger partial charge in [0.15, 0.2) is 5.82 Å². The van der Waals surface area contributed by atoms with Gasteiger partial charge in [-0.25, -0.2) is 14.8 Å². The van der Waals surface area contributed by atoms with Gasteiger partial charge in [-0.2, -0.15) is 5.10 Å². The highest BCUT2D eigenvalue weighted by Gasteiger charge is 2.17. The van der Waals surface area contributed by atoms with Gasteiger partial charge in [0.2, 0.25) is 0 Å². The minimum atomic E-state index is -0.960. The van der Waals surface area contributed by atoms with E-state index in [0.717, 1.165) is 5.82 Å². The molecule has 21 heavy (non-hydrogen) atoms. The van der Waals surface area contributed by atoms with Gasteiger partial charge in [-0.1, -0.05) is 13.0 Å². The summed E-state index contributed by atoms with van der Waals surface area (Å²) >= 11 is 0. The monoisotopic (exact) mass is 285 g/mol. The molecule has 1 N–H and O–H groups in total. The summed E-state index contributed by atoms with van der Waals surface area (Å²) in [7, 11) is 1.80. The Morgan fingerprint density at radius 1 is 1.38 bits per heavy atom. The second-order valence-corrected chi connectivity index (χ2v) is 4.78. The number of para-hydroxylation sites is 1. The van der Waals surface area contributed by atoms with Gasteiger partial charge in [0.1, 0.15) is 12.2 Å². The number of hydrogen-bond donors (Lipinski definition) is 1. The number of imidazole rings is 1. The lowest BCUT2D eigenvalue weighted by molar-refractivity contribution is 0.0698. The summed E-state index contributed by atoms with van der Waals surface area (Å²) in [4.78, 5) is 20.2. The first-order valence-electron chi connectivity index (χ1n) is 6.66. The molecule has 0 spiro atoms. The van der Waals surface area contributed by atoms with E-state index in [1.54, 1.807) is 30.2 Å². The van der Waals surface area contributed by atoms with E-state index in [1.165, 1.54) is 0 Å². The van der Waals surface area contributed by atoms with Crippen molar-refractivity contribution in [1.82, 2.24) is 24.3 Å². The van der Waals surface area contributed by atoms with E-state index < -0.39 is 5.97 Å². The van der Waals surface area contributed by atoms with Crippen molar-refractivity contribution in [2.75, 3.05) is 0 Å². The molecule has 0 aliphatic heterocycles. The SMILES string of the molecule is CCc1nc2cccc(C(=O)O)c2n1Cc1ncn(C)n1. The quantitative estimate of drug-likeness (QED) is 0.784. The highest BCUT2D eigenvalue weighted by atomic mass is 16.4. The third kappa shape index (κ3) is 2.26. The summed E-state index contributed by atoms with van der Waals surface area (Å²) in [5, 5.41) is 13.6. The van der Waals surface area contributed by atoms with Crippen LogP contribution in [0.2, 0.25) is 0 Å². The molecular formula is C14H15N5O2. The van der Waals surface area contributed by atoms with Crippen LogP contribution in [0.15, 0.2) is 24.5 Å². The molecule has 0 bridgehead atoms. The summed E-state index contributed by atoms with van der Waals surface area (Å²) in [6, 6.07) is 5.12. The number of aryl methyl sites for hydroxylation is 2. The first kappa shape index (κ1) is 13.3. The standard InChI is InChI=1S/C14H15N5O2/c1-3-12-16-10-6-4-5-9(14(20)21)13(10)19(12)7-11-15-8-18(2)17-11/h4-6,8H,3,7H2,1-2H3,(H,20,21). The van der Waals surface area contributed by atoms with Gasteiger partial charge in [-0.3, -0.25) is 4.68 Å². The summed E-state index contributed by atoms with van der Waals surface area (Å²) in [6.07, 6.45) is 2.33. The Kier molecular flexibility index (Phi) is 3.17. The lowest BCUT2D eigenvalue weighted by Gasteiger charge is -2.07. The van der Waals surface area contributed by atoms with Gasteiger partial charge in [-0.05, 0) is 12.1 Å². The number of rotatable bonds is 4. The molecule has 2 heterocycles. The number of aromatic carboxylic acids is 1. The smallest absolute Gasteiger partial charge is 0.337 e. The molecule has 0 aliphatic carbocycles. The van der Waals surface area contributed by atoms with Gasteiger partial charge >= 0.3 is 5.97 Å². The van der Waals surface area contributed by atoms with Crippen LogP contribution in [0.1, 0.15) is 28.9 Å². The summed E-state index contributed by atoms with van der Waals surface area (Å²) in [6.45, 7) is 2.40. The molecule has 108 valence electrons. The molecule has 7 heteroatoms. The molecule has 0 atom stereocenters. The fraction of sp³-hybridized carbons (Fsp3) is 0.286. The summed E-state index contributed by atoms with van der Waals surface area (Å²) in [5.74, 6) is 0.497. The maximum atomic E-state index is 11.4. The zero-order valence-corrected chi connectivity index (χ0v) is 11.8. The fourth-order valence-electron chi connectivity index (χ4n) is 2.44. The molecule has 1 aromatic carbocycles. The predicted octanol–water partition coefficient (Wildman–Crippen LogP) is 1.47. The normalized spacial score (nSPS) is 11.1. The molecule has 0 amide bonds. The summed E-state index contributed by atoms with van der Waals surface area (Å²) < 4.78 is 3.51. The Balaban J connectivity index is 2.20. The van der Waals surface area contributed by atoms with Gasteiger partial charge in [0.25, 0.3) is 0 Å². The van der Waals surface area contributed by atoms with E-state index in [0.29, 0.717) is 29.8 Å². The van der Waals surface area contributed by atoms with Gasteiger partial charge < -0.3 is 9.67 Å². The Bertz CT molecular complexity index is 818. The molecule has 0 saturated carbocycles. The molecule has 3 rings (SSSR count). The Labute approximate surface area is 120 Å². The molecule has 3 aromatic rings. The lowest BCUT2D eigenvalue weighted by atomic mass is 10.2. The third-order valence-corrected chi connectivity index (χ3v) is 3.34. The first-order valence-corrected chi connectivity index (χ1v) is 6.66. The van der Waals surface area contributed by atoms with Crippen LogP contribution >= 0.6 is 0 Å². The van der Waals surface area contributed by atoms with Crippen molar-refractivity contribution in [3.05, 3.63) is 41.7 Å². The number of carbonyl (C=O) groups is 1. The van der Waals surface area contributed by atoms with Crippen molar-refractivity contribution in [2.24, 2.45) is 7.05 Å². The van der Waals surface area contributed by atoms with Crippen LogP contribution in [0.5, 0.6) is 0 Å². The second-order valence-electron chi connectivity index (χ2n) is 4.78. The van der Waals surface area contributed by atoms with Crippen molar-refractivity contribution in [3.63, 3.8) is 0 Å². The van der Waals surface area contributed by atoms with Gasteiger partial charge in [0.05, 0.1) is 23.1 Å². The first-order chi connectivity index (χ1) is 10.1. The van der Waals surface area contributed by atoms with E-state index in [1.807, 2.05) is 17.6 Å². The van der Waals surface area contributed by atoms with Crippen molar-refractivity contribution >= 4 is 17.0 Å². The van der Waals surface area contributed by atoms with Gasteiger partial charge in [0, 0.05) is 13.5 Å². The highest BCUT2D eigenvalue weighted by molar-refractivity contribution is 6.01. The van der Waals surface area contributed by atoms with Crippen LogP contribution in [0.4, 0.5) is 0 Å². The fourth-order valence-corrected chi connectivity index (χ4v) is 2.44. The number of benzene rings is 1. The van der Waals surface area contributed by atoms with Crippen LogP contribution in [-0.2, 0) is 20.0 Å². The van der Waals surface area contributed by atoms with E-state index in [4.69, 9.17) is 0 Å². The molecule has 2 aromatic heterocycles.